The van der Waals surface area contributed by atoms with E-state index in [-0.39, 0.29) is 31.5 Å². The predicted octanol–water partition coefficient (Wildman–Crippen LogP) is 1.26. The van der Waals surface area contributed by atoms with Crippen LogP contribution in [0.25, 0.3) is 0 Å². The molecule has 0 saturated carbocycles. The lowest BCUT2D eigenvalue weighted by molar-refractivity contribution is -0.145. The Morgan fingerprint density at radius 1 is 1.64 bits per heavy atom. The van der Waals surface area contributed by atoms with E-state index in [2.05, 4.69) is 15.8 Å². The number of esters is 1. The van der Waals surface area contributed by atoms with Crippen LogP contribution in [0.2, 0.25) is 0 Å². The highest BCUT2D eigenvalue weighted by atomic mass is 35.5. The Morgan fingerprint density at radius 3 is 3.00 bits per heavy atom. The lowest BCUT2D eigenvalue weighted by Gasteiger charge is -2.13. The van der Waals surface area contributed by atoms with Crippen LogP contribution in [0.15, 0.2) is 10.6 Å². The molecule has 9 heteroatoms. The van der Waals surface area contributed by atoms with Crippen LogP contribution in [-0.2, 0) is 16.0 Å². The Kier molecular flexibility index (Phi) is 7.13. The minimum Gasteiger partial charge on any atom is -0.465 e. The van der Waals surface area contributed by atoms with Gasteiger partial charge in [0.1, 0.15) is 17.5 Å². The van der Waals surface area contributed by atoms with Crippen LogP contribution in [0.5, 0.6) is 0 Å². The minimum absolute atomic E-state index is 0. The molecular weight excluding hydrogens is 314 g/mol. The van der Waals surface area contributed by atoms with E-state index in [1.165, 1.54) is 0 Å². The van der Waals surface area contributed by atoms with Gasteiger partial charge in [-0.15, -0.1) is 12.4 Å². The zero-order valence-corrected chi connectivity index (χ0v) is 13.0. The molecule has 22 heavy (non-hydrogen) atoms. The number of amides is 1. The van der Waals surface area contributed by atoms with Crippen molar-refractivity contribution < 1.29 is 24.0 Å². The largest absolute Gasteiger partial charge is 0.465 e. The van der Waals surface area contributed by atoms with Gasteiger partial charge in [0, 0.05) is 12.5 Å². The van der Waals surface area contributed by atoms with Gasteiger partial charge in [-0.1, -0.05) is 5.16 Å². The number of hydrogen-bond acceptors (Lipinski definition) is 6. The maximum absolute atomic E-state index is 11.7. The fourth-order valence-electron chi connectivity index (χ4n) is 2.31. The van der Waals surface area contributed by atoms with Crippen LogP contribution in [-0.4, -0.2) is 41.5 Å². The van der Waals surface area contributed by atoms with Crippen molar-refractivity contribution in [2.24, 2.45) is 0 Å². The third-order valence-electron chi connectivity index (χ3n) is 3.27. The molecule has 3 N–H and O–H groups in total. The Morgan fingerprint density at radius 2 is 2.41 bits per heavy atom. The first kappa shape index (κ1) is 18.2. The van der Waals surface area contributed by atoms with E-state index in [0.717, 1.165) is 25.1 Å². The summed E-state index contributed by atoms with van der Waals surface area (Å²) in [4.78, 5) is 22.5. The topological polar surface area (TPSA) is 114 Å². The maximum Gasteiger partial charge on any atom is 0.405 e. The van der Waals surface area contributed by atoms with Crippen molar-refractivity contribution in [2.45, 2.75) is 38.3 Å². The van der Waals surface area contributed by atoms with Gasteiger partial charge in [0.15, 0.2) is 0 Å². The molecule has 0 radical (unpaired) electrons. The normalized spacial score (nSPS) is 18.3. The summed E-state index contributed by atoms with van der Waals surface area (Å²) in [6.07, 6.45) is 0.856. The Hall–Kier alpha value is -1.80. The molecule has 1 aromatic heterocycles. The quantitative estimate of drug-likeness (QED) is 0.671. The monoisotopic (exact) mass is 333 g/mol. The highest BCUT2D eigenvalue weighted by Crippen LogP contribution is 2.23. The Labute approximate surface area is 134 Å². The van der Waals surface area contributed by atoms with Gasteiger partial charge in [0.05, 0.1) is 12.6 Å². The van der Waals surface area contributed by atoms with Crippen molar-refractivity contribution in [1.29, 1.82) is 0 Å². The number of nitrogens with one attached hydrogen (secondary N) is 2. The molecule has 0 aliphatic carbocycles. The summed E-state index contributed by atoms with van der Waals surface area (Å²) < 4.78 is 10.0. The second-order valence-electron chi connectivity index (χ2n) is 4.83. The van der Waals surface area contributed by atoms with Gasteiger partial charge in [-0.25, -0.2) is 9.59 Å². The average molecular weight is 334 g/mol. The predicted molar refractivity (Wildman–Crippen MR) is 79.0 cm³/mol. The molecule has 1 aromatic rings. The Balaban J connectivity index is 0.00000242. The SMILES string of the molecule is CCOC(=O)C(Cc1cc(C2CCCN2)no1)NC(=O)O.Cl. The van der Waals surface area contributed by atoms with Crippen LogP contribution in [0.1, 0.15) is 37.3 Å². The molecule has 124 valence electrons. The summed E-state index contributed by atoms with van der Waals surface area (Å²) in [5.41, 5.74) is 0.778. The van der Waals surface area contributed by atoms with E-state index in [0.29, 0.717) is 5.76 Å². The van der Waals surface area contributed by atoms with E-state index in [1.54, 1.807) is 13.0 Å². The van der Waals surface area contributed by atoms with Crippen LogP contribution in [0.3, 0.4) is 0 Å². The van der Waals surface area contributed by atoms with Crippen molar-refractivity contribution in [1.82, 2.24) is 15.8 Å². The first-order chi connectivity index (χ1) is 10.1. The summed E-state index contributed by atoms with van der Waals surface area (Å²) in [7, 11) is 0. The molecule has 0 aromatic carbocycles. The molecular formula is C13H20ClN3O5. The molecule has 2 heterocycles. The number of aromatic nitrogens is 1. The average Bonchev–Trinajstić information content (AvgIpc) is 3.08. The van der Waals surface area contributed by atoms with E-state index in [1.807, 2.05) is 0 Å². The summed E-state index contributed by atoms with van der Waals surface area (Å²) in [5.74, 6) is -0.178. The summed E-state index contributed by atoms with van der Waals surface area (Å²) >= 11 is 0. The van der Waals surface area contributed by atoms with E-state index >= 15 is 0 Å². The minimum atomic E-state index is -1.29. The summed E-state index contributed by atoms with van der Waals surface area (Å²) in [6.45, 7) is 2.79. The van der Waals surface area contributed by atoms with Gasteiger partial charge in [-0.05, 0) is 26.3 Å². The molecule has 1 saturated heterocycles. The molecule has 1 fully saturated rings. The van der Waals surface area contributed by atoms with Crippen LogP contribution in [0.4, 0.5) is 4.79 Å². The van der Waals surface area contributed by atoms with Crippen molar-refractivity contribution >= 4 is 24.5 Å². The highest BCUT2D eigenvalue weighted by Gasteiger charge is 2.26. The lowest BCUT2D eigenvalue weighted by Crippen LogP contribution is -2.42. The first-order valence-electron chi connectivity index (χ1n) is 6.95. The fourth-order valence-corrected chi connectivity index (χ4v) is 2.31. The summed E-state index contributed by atoms with van der Waals surface area (Å²) in [6, 6.07) is 0.911. The van der Waals surface area contributed by atoms with Crippen molar-refractivity contribution in [3.8, 4) is 0 Å². The third kappa shape index (κ3) is 4.88. The van der Waals surface area contributed by atoms with E-state index < -0.39 is 18.1 Å². The number of halogens is 1. The zero-order valence-electron chi connectivity index (χ0n) is 12.2. The molecule has 2 rings (SSSR count). The lowest BCUT2D eigenvalue weighted by atomic mass is 10.1. The van der Waals surface area contributed by atoms with Crippen LogP contribution in [0, 0.1) is 0 Å². The number of ether oxygens (including phenoxy) is 1. The van der Waals surface area contributed by atoms with E-state index in [9.17, 15) is 9.59 Å². The van der Waals surface area contributed by atoms with Gasteiger partial charge in [-0.2, -0.15) is 0 Å². The van der Waals surface area contributed by atoms with Gasteiger partial charge >= 0.3 is 12.1 Å². The van der Waals surface area contributed by atoms with Crippen molar-refractivity contribution in [2.75, 3.05) is 13.2 Å². The molecule has 0 spiro atoms. The second-order valence-corrected chi connectivity index (χ2v) is 4.83. The van der Waals surface area contributed by atoms with Crippen LogP contribution < -0.4 is 10.6 Å². The van der Waals surface area contributed by atoms with Crippen LogP contribution >= 0.6 is 12.4 Å². The first-order valence-corrected chi connectivity index (χ1v) is 6.95. The van der Waals surface area contributed by atoms with Gasteiger partial charge in [0.2, 0.25) is 0 Å². The smallest absolute Gasteiger partial charge is 0.405 e. The fraction of sp³-hybridized carbons (Fsp3) is 0.615. The molecule has 0 bridgehead atoms. The van der Waals surface area contributed by atoms with Gasteiger partial charge in [0.25, 0.3) is 0 Å². The van der Waals surface area contributed by atoms with E-state index in [4.69, 9.17) is 14.4 Å². The molecule has 1 aliphatic heterocycles. The molecule has 8 nitrogen and oxygen atoms in total. The Bertz CT molecular complexity index is 502. The number of hydrogen-bond donors (Lipinski definition) is 3. The second kappa shape index (κ2) is 8.60. The number of carboxylic acid groups (broad SMARTS) is 1. The zero-order chi connectivity index (χ0) is 15.2. The highest BCUT2D eigenvalue weighted by molar-refractivity contribution is 5.85. The van der Waals surface area contributed by atoms with Gasteiger partial charge in [-0.3, -0.25) is 0 Å². The number of nitrogens with zero attached hydrogens (tertiary/aromatic N) is 1. The molecule has 1 amide bonds. The summed E-state index contributed by atoms with van der Waals surface area (Å²) in [5, 5.41) is 18.2. The molecule has 2 unspecified atom stereocenters. The number of carbonyl (C=O) groups excluding carboxylic acids is 1. The molecule has 1 aliphatic rings. The maximum atomic E-state index is 11.7. The van der Waals surface area contributed by atoms with Gasteiger partial charge < -0.3 is 25.0 Å². The van der Waals surface area contributed by atoms with Crippen molar-refractivity contribution in [3.63, 3.8) is 0 Å². The third-order valence-corrected chi connectivity index (χ3v) is 3.27. The van der Waals surface area contributed by atoms with Crippen molar-refractivity contribution in [3.05, 3.63) is 17.5 Å². The molecule has 2 atom stereocenters. The standard InChI is InChI=1S/C13H19N3O5.ClH/c1-2-20-12(17)11(15-13(18)19)7-8-6-10(16-21-8)9-4-3-5-14-9;/h6,9,11,14-15H,2-5,7H2,1H3,(H,18,19);1H. The number of carbonyl (C=O) groups is 2. The number of rotatable bonds is 6.